The number of hydrogen-bond acceptors (Lipinski definition) is 0. The second-order valence-electron chi connectivity index (χ2n) is 4.66. The molecule has 0 atom stereocenters. The Balaban J connectivity index is 0.00000137. The standard InChI is InChI=1S/C16H22.C2H6/c1-6-7-15-8-9-16(14(5)10-15)11-13(4)12(2)3;1-2/h6-12H,1-5H3;1-2H3/b7-6+,13-11+;. The van der Waals surface area contributed by atoms with Crippen molar-refractivity contribution in [3.8, 4) is 0 Å². The summed E-state index contributed by atoms with van der Waals surface area (Å²) in [6.07, 6.45) is 6.50. The van der Waals surface area contributed by atoms with Crippen LogP contribution in [0.25, 0.3) is 12.2 Å². The first kappa shape index (κ1) is 16.7. The molecule has 0 nitrogen and oxygen atoms in total. The predicted molar refractivity (Wildman–Crippen MR) is 85.7 cm³/mol. The van der Waals surface area contributed by atoms with Crippen molar-refractivity contribution in [2.24, 2.45) is 5.92 Å². The zero-order valence-electron chi connectivity index (χ0n) is 13.0. The van der Waals surface area contributed by atoms with E-state index in [0.29, 0.717) is 5.92 Å². The molecule has 1 rings (SSSR count). The topological polar surface area (TPSA) is 0 Å². The van der Waals surface area contributed by atoms with Gasteiger partial charge in [-0.1, -0.05) is 69.7 Å². The first-order valence-electron chi connectivity index (χ1n) is 6.96. The van der Waals surface area contributed by atoms with Crippen LogP contribution < -0.4 is 0 Å². The van der Waals surface area contributed by atoms with Crippen LogP contribution in [0.15, 0.2) is 29.8 Å². The third-order valence-electron chi connectivity index (χ3n) is 2.95. The van der Waals surface area contributed by atoms with Gasteiger partial charge in [0.05, 0.1) is 0 Å². The Morgan fingerprint density at radius 2 is 1.78 bits per heavy atom. The second kappa shape index (κ2) is 8.74. The van der Waals surface area contributed by atoms with E-state index < -0.39 is 0 Å². The summed E-state index contributed by atoms with van der Waals surface area (Å²) in [5, 5.41) is 0. The van der Waals surface area contributed by atoms with Gasteiger partial charge in [-0.3, -0.25) is 0 Å². The van der Waals surface area contributed by atoms with Gasteiger partial charge in [0.2, 0.25) is 0 Å². The minimum atomic E-state index is 0.620. The third kappa shape index (κ3) is 5.35. The first-order chi connectivity index (χ1) is 8.54. The van der Waals surface area contributed by atoms with Gasteiger partial charge in [-0.15, -0.1) is 0 Å². The monoisotopic (exact) mass is 244 g/mol. The summed E-state index contributed by atoms with van der Waals surface area (Å²) in [5.74, 6) is 0.620. The van der Waals surface area contributed by atoms with Crippen molar-refractivity contribution in [1.29, 1.82) is 0 Å². The maximum atomic E-state index is 2.29. The van der Waals surface area contributed by atoms with Gasteiger partial charge in [0.15, 0.2) is 0 Å². The zero-order chi connectivity index (χ0) is 14.1. The molecule has 18 heavy (non-hydrogen) atoms. The summed E-state index contributed by atoms with van der Waals surface area (Å²) in [7, 11) is 0. The number of rotatable bonds is 3. The fraction of sp³-hybridized carbons (Fsp3) is 0.444. The van der Waals surface area contributed by atoms with Gasteiger partial charge in [-0.05, 0) is 43.4 Å². The van der Waals surface area contributed by atoms with Gasteiger partial charge in [0, 0.05) is 0 Å². The minimum Gasteiger partial charge on any atom is -0.0871 e. The lowest BCUT2D eigenvalue weighted by molar-refractivity contribution is 0.776. The average Bonchev–Trinajstić information content (AvgIpc) is 2.35. The summed E-state index contributed by atoms with van der Waals surface area (Å²) in [4.78, 5) is 0. The van der Waals surface area contributed by atoms with Gasteiger partial charge in [-0.25, -0.2) is 0 Å². The third-order valence-corrected chi connectivity index (χ3v) is 2.95. The van der Waals surface area contributed by atoms with E-state index in [1.165, 1.54) is 22.3 Å². The maximum Gasteiger partial charge on any atom is -0.0227 e. The second-order valence-corrected chi connectivity index (χ2v) is 4.66. The molecule has 0 aromatic heterocycles. The van der Waals surface area contributed by atoms with Crippen LogP contribution >= 0.6 is 0 Å². The van der Waals surface area contributed by atoms with Gasteiger partial charge in [-0.2, -0.15) is 0 Å². The molecule has 0 aliphatic heterocycles. The number of benzene rings is 1. The van der Waals surface area contributed by atoms with Gasteiger partial charge < -0.3 is 0 Å². The van der Waals surface area contributed by atoms with Crippen LogP contribution in [0.4, 0.5) is 0 Å². The molecule has 0 bridgehead atoms. The van der Waals surface area contributed by atoms with Crippen LogP contribution in [0.2, 0.25) is 0 Å². The molecule has 0 radical (unpaired) electrons. The molecule has 0 heterocycles. The lowest BCUT2D eigenvalue weighted by Gasteiger charge is -2.07. The number of aryl methyl sites for hydroxylation is 1. The smallest absolute Gasteiger partial charge is 0.0227 e. The lowest BCUT2D eigenvalue weighted by atomic mass is 9.98. The molecule has 0 amide bonds. The van der Waals surface area contributed by atoms with Crippen molar-refractivity contribution in [2.75, 3.05) is 0 Å². The van der Waals surface area contributed by atoms with Crippen molar-refractivity contribution in [3.63, 3.8) is 0 Å². The molecule has 0 spiro atoms. The van der Waals surface area contributed by atoms with Crippen molar-refractivity contribution < 1.29 is 0 Å². The highest BCUT2D eigenvalue weighted by molar-refractivity contribution is 5.60. The molecule has 0 aliphatic rings. The Morgan fingerprint density at radius 1 is 1.17 bits per heavy atom. The first-order valence-corrected chi connectivity index (χ1v) is 6.96. The van der Waals surface area contributed by atoms with Crippen LogP contribution in [-0.2, 0) is 0 Å². The van der Waals surface area contributed by atoms with Gasteiger partial charge in [0.1, 0.15) is 0 Å². The number of hydrogen-bond donors (Lipinski definition) is 0. The SMILES string of the molecule is C/C=C/c1ccc(/C=C(\C)C(C)C)c(C)c1.CC. The van der Waals surface area contributed by atoms with Crippen LogP contribution in [0.1, 0.15) is 58.2 Å². The molecule has 0 unspecified atom stereocenters. The van der Waals surface area contributed by atoms with Crippen molar-refractivity contribution in [2.45, 2.75) is 48.5 Å². The molecule has 100 valence electrons. The van der Waals surface area contributed by atoms with E-state index in [1.54, 1.807) is 0 Å². The van der Waals surface area contributed by atoms with E-state index in [1.807, 2.05) is 20.8 Å². The Morgan fingerprint density at radius 3 is 2.22 bits per heavy atom. The summed E-state index contributed by atoms with van der Waals surface area (Å²) in [6, 6.07) is 6.61. The van der Waals surface area contributed by atoms with E-state index in [-0.39, 0.29) is 0 Å². The summed E-state index contributed by atoms with van der Waals surface area (Å²) in [5.41, 5.74) is 5.39. The van der Waals surface area contributed by atoms with E-state index in [4.69, 9.17) is 0 Å². The Kier molecular flexibility index (Phi) is 8.11. The molecule has 0 saturated heterocycles. The minimum absolute atomic E-state index is 0.620. The molecule has 0 heteroatoms. The fourth-order valence-corrected chi connectivity index (χ4v) is 1.57. The molecule has 0 aliphatic carbocycles. The van der Waals surface area contributed by atoms with Gasteiger partial charge in [0.25, 0.3) is 0 Å². The highest BCUT2D eigenvalue weighted by Gasteiger charge is 1.99. The van der Waals surface area contributed by atoms with Crippen molar-refractivity contribution in [1.82, 2.24) is 0 Å². The van der Waals surface area contributed by atoms with Crippen molar-refractivity contribution in [3.05, 3.63) is 46.5 Å². The molecule has 1 aromatic carbocycles. The maximum absolute atomic E-state index is 2.29. The van der Waals surface area contributed by atoms with E-state index in [0.717, 1.165) is 0 Å². The average molecular weight is 244 g/mol. The molecular formula is C18H28. The van der Waals surface area contributed by atoms with E-state index in [9.17, 15) is 0 Å². The molecular weight excluding hydrogens is 216 g/mol. The van der Waals surface area contributed by atoms with Crippen LogP contribution in [0.5, 0.6) is 0 Å². The Bertz CT molecular complexity index is 406. The quantitative estimate of drug-likeness (QED) is 0.601. The fourth-order valence-electron chi connectivity index (χ4n) is 1.57. The Hall–Kier alpha value is -1.30. The van der Waals surface area contributed by atoms with Crippen LogP contribution in [-0.4, -0.2) is 0 Å². The van der Waals surface area contributed by atoms with Gasteiger partial charge >= 0.3 is 0 Å². The highest BCUT2D eigenvalue weighted by atomic mass is 14.1. The van der Waals surface area contributed by atoms with E-state index in [2.05, 4.69) is 64.1 Å². The summed E-state index contributed by atoms with van der Waals surface area (Å²) >= 11 is 0. The predicted octanol–water partition coefficient (Wildman–Crippen LogP) is 6.11. The molecule has 0 N–H and O–H groups in total. The van der Waals surface area contributed by atoms with Crippen LogP contribution in [0, 0.1) is 12.8 Å². The van der Waals surface area contributed by atoms with E-state index >= 15 is 0 Å². The highest BCUT2D eigenvalue weighted by Crippen LogP contribution is 2.18. The zero-order valence-corrected chi connectivity index (χ0v) is 13.0. The normalized spacial score (nSPS) is 11.7. The lowest BCUT2D eigenvalue weighted by Crippen LogP contribution is -1.90. The van der Waals surface area contributed by atoms with Crippen LogP contribution in [0.3, 0.4) is 0 Å². The molecule has 0 saturated carbocycles. The van der Waals surface area contributed by atoms with Crippen molar-refractivity contribution >= 4 is 12.2 Å². The largest absolute Gasteiger partial charge is 0.0871 e. The summed E-state index contributed by atoms with van der Waals surface area (Å²) < 4.78 is 0. The molecule has 1 aromatic rings. The number of allylic oxidation sites excluding steroid dienone is 2. The molecule has 0 fully saturated rings. The summed E-state index contributed by atoms with van der Waals surface area (Å²) in [6.45, 7) is 14.9. The Labute approximate surface area is 113 Å².